The van der Waals surface area contributed by atoms with E-state index in [1.807, 2.05) is 0 Å². The number of amides is 1. The number of carbonyl (C=O) groups excluding carboxylic acids is 3. The van der Waals surface area contributed by atoms with Crippen LogP contribution in [0.1, 0.15) is 27.0 Å². The smallest absolute Gasteiger partial charge is 0.325 e. The van der Waals surface area contributed by atoms with Crippen LogP contribution in [0.3, 0.4) is 0 Å². The maximum absolute atomic E-state index is 13.1. The van der Waals surface area contributed by atoms with Gasteiger partial charge in [0.2, 0.25) is 11.7 Å². The van der Waals surface area contributed by atoms with E-state index in [2.05, 4.69) is 15.4 Å². The summed E-state index contributed by atoms with van der Waals surface area (Å²) in [7, 11) is 0. The topological polar surface area (TPSA) is 112 Å². The molecule has 1 unspecified atom stereocenters. The van der Waals surface area contributed by atoms with Gasteiger partial charge in [-0.1, -0.05) is 11.6 Å². The van der Waals surface area contributed by atoms with Gasteiger partial charge in [-0.2, -0.15) is 5.10 Å². The van der Waals surface area contributed by atoms with E-state index >= 15 is 0 Å². The van der Waals surface area contributed by atoms with Crippen LogP contribution in [0.2, 0.25) is 5.02 Å². The maximum atomic E-state index is 13.1. The van der Waals surface area contributed by atoms with Crippen molar-refractivity contribution < 1.29 is 23.9 Å². The molecule has 1 atom stereocenters. The average Bonchev–Trinajstić information content (AvgIpc) is 3.18. The predicted molar refractivity (Wildman–Crippen MR) is 99.6 cm³/mol. The van der Waals surface area contributed by atoms with Crippen molar-refractivity contribution in [2.75, 3.05) is 13.2 Å². The number of nitrogens with zero attached hydrogens (tertiary/aromatic N) is 3. The largest absolute Gasteiger partial charge is 0.463 e. The summed E-state index contributed by atoms with van der Waals surface area (Å²) in [6.07, 6.45) is 1.52. The molecule has 0 saturated carbocycles. The minimum Gasteiger partial charge on any atom is -0.463 e. The highest BCUT2D eigenvalue weighted by Gasteiger charge is 2.38. The van der Waals surface area contributed by atoms with E-state index in [0.717, 1.165) is 0 Å². The van der Waals surface area contributed by atoms with Gasteiger partial charge in [-0.3, -0.25) is 14.4 Å². The van der Waals surface area contributed by atoms with Crippen LogP contribution in [0.5, 0.6) is 5.75 Å². The monoisotopic (exact) mass is 408 g/mol. The molecule has 0 fully saturated rings. The number of ether oxygens (including phenoxy) is 2. The standard InChI is InChI=1S/C18H21ClN4O5/c1-12(24)21-8-15(25)27-9-18(2,3)16(26)17(23-11-20-10-22-23)28-14-6-4-13(19)5-7-14/h4-7,10-11,17H,8-9H2,1-3H3,(H,21,24). The van der Waals surface area contributed by atoms with Crippen molar-refractivity contribution in [3.63, 3.8) is 0 Å². The highest BCUT2D eigenvalue weighted by Crippen LogP contribution is 2.27. The van der Waals surface area contributed by atoms with Gasteiger partial charge in [-0.25, -0.2) is 9.67 Å². The highest BCUT2D eigenvalue weighted by atomic mass is 35.5. The summed E-state index contributed by atoms with van der Waals surface area (Å²) in [6.45, 7) is 4.07. The number of esters is 1. The fourth-order valence-corrected chi connectivity index (χ4v) is 2.25. The Labute approximate surface area is 167 Å². The molecule has 1 amide bonds. The van der Waals surface area contributed by atoms with Crippen molar-refractivity contribution in [2.45, 2.75) is 27.0 Å². The Morgan fingerprint density at radius 1 is 1.25 bits per heavy atom. The molecule has 150 valence electrons. The minimum atomic E-state index is -1.12. The molecule has 0 aliphatic heterocycles. The van der Waals surface area contributed by atoms with E-state index in [-0.39, 0.29) is 24.8 Å². The molecule has 1 heterocycles. The number of hydrogen-bond donors (Lipinski definition) is 1. The van der Waals surface area contributed by atoms with Crippen LogP contribution in [0.25, 0.3) is 0 Å². The quantitative estimate of drug-likeness (QED) is 0.629. The van der Waals surface area contributed by atoms with Gasteiger partial charge in [0.25, 0.3) is 6.23 Å². The fourth-order valence-electron chi connectivity index (χ4n) is 2.12. The first kappa shape index (κ1) is 21.4. The molecule has 0 saturated heterocycles. The van der Waals surface area contributed by atoms with Crippen molar-refractivity contribution >= 4 is 29.3 Å². The molecule has 1 N–H and O–H groups in total. The van der Waals surface area contributed by atoms with Gasteiger partial charge in [-0.15, -0.1) is 0 Å². The van der Waals surface area contributed by atoms with Gasteiger partial charge in [0.05, 0.1) is 5.41 Å². The maximum Gasteiger partial charge on any atom is 0.325 e. The molecule has 1 aromatic heterocycles. The molecule has 2 rings (SSSR count). The summed E-state index contributed by atoms with van der Waals surface area (Å²) in [5.41, 5.74) is -1.09. The summed E-state index contributed by atoms with van der Waals surface area (Å²) in [4.78, 5) is 39.5. The third-order valence-electron chi connectivity index (χ3n) is 3.71. The van der Waals surface area contributed by atoms with Crippen LogP contribution in [0.4, 0.5) is 0 Å². The van der Waals surface area contributed by atoms with Crippen LogP contribution in [0.15, 0.2) is 36.9 Å². The van der Waals surface area contributed by atoms with E-state index in [1.165, 1.54) is 24.3 Å². The van der Waals surface area contributed by atoms with E-state index in [4.69, 9.17) is 21.1 Å². The zero-order valence-corrected chi connectivity index (χ0v) is 16.5. The Morgan fingerprint density at radius 2 is 1.93 bits per heavy atom. The summed E-state index contributed by atoms with van der Waals surface area (Å²) < 4.78 is 12.2. The molecule has 9 nitrogen and oxygen atoms in total. The third kappa shape index (κ3) is 6.05. The van der Waals surface area contributed by atoms with E-state index in [0.29, 0.717) is 10.8 Å². The van der Waals surface area contributed by atoms with Gasteiger partial charge in [0, 0.05) is 11.9 Å². The first-order valence-corrected chi connectivity index (χ1v) is 8.77. The molecule has 1 aromatic carbocycles. The average molecular weight is 409 g/mol. The molecule has 2 aromatic rings. The number of aromatic nitrogens is 3. The van der Waals surface area contributed by atoms with Crippen LogP contribution >= 0.6 is 11.6 Å². The predicted octanol–water partition coefficient (Wildman–Crippen LogP) is 1.78. The summed E-state index contributed by atoms with van der Waals surface area (Å²) >= 11 is 5.87. The van der Waals surface area contributed by atoms with Crippen molar-refractivity contribution in [1.29, 1.82) is 0 Å². The third-order valence-corrected chi connectivity index (χ3v) is 3.96. The van der Waals surface area contributed by atoms with Crippen molar-refractivity contribution in [2.24, 2.45) is 5.41 Å². The number of nitrogens with one attached hydrogen (secondary N) is 1. The first-order valence-electron chi connectivity index (χ1n) is 8.40. The number of hydrogen-bond acceptors (Lipinski definition) is 7. The lowest BCUT2D eigenvalue weighted by molar-refractivity contribution is -0.152. The molecule has 0 bridgehead atoms. The summed E-state index contributed by atoms with van der Waals surface area (Å²) in [5, 5.41) is 6.85. The lowest BCUT2D eigenvalue weighted by Gasteiger charge is -2.28. The second-order valence-electron chi connectivity index (χ2n) is 6.62. The Balaban J connectivity index is 2.10. The van der Waals surface area contributed by atoms with Crippen molar-refractivity contribution in [3.05, 3.63) is 41.9 Å². The lowest BCUT2D eigenvalue weighted by Crippen LogP contribution is -2.40. The Bertz CT molecular complexity index is 821. The minimum absolute atomic E-state index is 0.195. The number of halogens is 1. The molecule has 0 aliphatic carbocycles. The SMILES string of the molecule is CC(=O)NCC(=O)OCC(C)(C)C(=O)C(Oc1ccc(Cl)cc1)n1cncn1. The Hall–Kier alpha value is -2.94. The van der Waals surface area contributed by atoms with Crippen LogP contribution < -0.4 is 10.1 Å². The van der Waals surface area contributed by atoms with Crippen LogP contribution in [0, 0.1) is 5.41 Å². The van der Waals surface area contributed by atoms with E-state index in [1.54, 1.807) is 38.1 Å². The number of carbonyl (C=O) groups is 3. The zero-order valence-electron chi connectivity index (χ0n) is 15.7. The van der Waals surface area contributed by atoms with E-state index in [9.17, 15) is 14.4 Å². The first-order chi connectivity index (χ1) is 13.2. The number of benzene rings is 1. The van der Waals surface area contributed by atoms with E-state index < -0.39 is 17.6 Å². The number of Topliss-reactive ketones (excluding diaryl/α,β-unsaturated/α-hetero) is 1. The van der Waals surface area contributed by atoms with Gasteiger partial charge in [0.1, 0.15) is 31.6 Å². The van der Waals surface area contributed by atoms with Crippen molar-refractivity contribution in [1.82, 2.24) is 20.1 Å². The van der Waals surface area contributed by atoms with Gasteiger partial charge in [-0.05, 0) is 38.1 Å². The molecular weight excluding hydrogens is 388 g/mol. The number of ketones is 1. The molecule has 0 spiro atoms. The summed E-state index contributed by atoms with van der Waals surface area (Å²) in [5.74, 6) is -0.959. The second-order valence-corrected chi connectivity index (χ2v) is 7.05. The zero-order chi connectivity index (χ0) is 20.7. The van der Waals surface area contributed by atoms with Crippen LogP contribution in [-0.2, 0) is 19.1 Å². The molecule has 0 radical (unpaired) electrons. The highest BCUT2D eigenvalue weighted by molar-refractivity contribution is 6.30. The van der Waals surface area contributed by atoms with Gasteiger partial charge >= 0.3 is 5.97 Å². The molecule has 28 heavy (non-hydrogen) atoms. The van der Waals surface area contributed by atoms with Crippen LogP contribution in [-0.4, -0.2) is 45.6 Å². The lowest BCUT2D eigenvalue weighted by atomic mass is 9.88. The summed E-state index contributed by atoms with van der Waals surface area (Å²) in [6, 6.07) is 6.52. The molecule has 0 aliphatic rings. The van der Waals surface area contributed by atoms with Gasteiger partial charge < -0.3 is 14.8 Å². The number of rotatable bonds is 9. The van der Waals surface area contributed by atoms with Crippen molar-refractivity contribution in [3.8, 4) is 5.75 Å². The Kier molecular flexibility index (Phi) is 7.11. The fraction of sp³-hybridized carbons (Fsp3) is 0.389. The molecule has 10 heteroatoms. The van der Waals surface area contributed by atoms with Gasteiger partial charge in [0.15, 0.2) is 0 Å². The normalized spacial score (nSPS) is 12.1. The second kappa shape index (κ2) is 9.32. The molecular formula is C18H21ClN4O5. The Morgan fingerprint density at radius 3 is 2.50 bits per heavy atom.